The Morgan fingerprint density at radius 1 is 0.518 bits per heavy atom. The maximum absolute atomic E-state index is 5.60. The van der Waals surface area contributed by atoms with E-state index in [2.05, 4.69) is 209 Å². The lowest BCUT2D eigenvalue weighted by molar-refractivity contribution is 0.694. The van der Waals surface area contributed by atoms with Crippen LogP contribution in [-0.2, 0) is 5.41 Å². The summed E-state index contributed by atoms with van der Waals surface area (Å²) in [7, 11) is 0. The van der Waals surface area contributed by atoms with E-state index >= 15 is 0 Å². The van der Waals surface area contributed by atoms with Crippen LogP contribution in [0.3, 0.4) is 0 Å². The molecular weight excluding hydrogens is 701 g/mol. The third-order valence-electron chi connectivity index (χ3n) is 11.9. The van der Waals surface area contributed by atoms with Crippen LogP contribution in [0.1, 0.15) is 39.4 Å². The van der Waals surface area contributed by atoms with Crippen LogP contribution in [0.4, 0.5) is 22.7 Å². The first kappa shape index (κ1) is 31.5. The van der Waals surface area contributed by atoms with E-state index in [9.17, 15) is 0 Å². The molecule has 3 aliphatic heterocycles. The second-order valence-corrected chi connectivity index (χ2v) is 15.8. The Morgan fingerprint density at radius 2 is 1.14 bits per heavy atom. The molecule has 12 rings (SSSR count). The van der Waals surface area contributed by atoms with Crippen molar-refractivity contribution in [2.45, 2.75) is 21.2 Å². The minimum Gasteiger partial charge on any atom is -0.325 e. The van der Waals surface area contributed by atoms with Crippen molar-refractivity contribution >= 4 is 62.3 Å². The van der Waals surface area contributed by atoms with Gasteiger partial charge in [0.05, 0.1) is 27.8 Å². The van der Waals surface area contributed by atoms with Crippen molar-refractivity contribution in [3.05, 3.63) is 228 Å². The molecular formula is C51H34N4S. The third kappa shape index (κ3) is 4.29. The predicted octanol–water partition coefficient (Wildman–Crippen LogP) is 12.8. The lowest BCUT2D eigenvalue weighted by Crippen LogP contribution is -2.39. The van der Waals surface area contributed by atoms with Crippen LogP contribution in [-0.4, -0.2) is 10.5 Å². The number of fused-ring (bicyclic) bond motifs is 13. The number of aliphatic imine (C=N–C) groups is 1. The van der Waals surface area contributed by atoms with Gasteiger partial charge in [0.2, 0.25) is 5.96 Å². The average molecular weight is 735 g/mol. The van der Waals surface area contributed by atoms with E-state index < -0.39 is 5.41 Å². The number of para-hydroxylation sites is 5. The van der Waals surface area contributed by atoms with Crippen LogP contribution in [0.15, 0.2) is 209 Å². The summed E-state index contributed by atoms with van der Waals surface area (Å²) in [6.07, 6.45) is 0. The third-order valence-corrected chi connectivity index (χ3v) is 13.1. The monoisotopic (exact) mass is 734 g/mol. The van der Waals surface area contributed by atoms with Gasteiger partial charge in [0.15, 0.2) is 0 Å². The topological polar surface area (TPSA) is 32.6 Å². The van der Waals surface area contributed by atoms with Gasteiger partial charge < -0.3 is 10.2 Å². The van der Waals surface area contributed by atoms with E-state index in [0.29, 0.717) is 0 Å². The molecule has 0 saturated heterocycles. The molecule has 0 bridgehead atoms. The van der Waals surface area contributed by atoms with Gasteiger partial charge in [-0.2, -0.15) is 0 Å². The molecule has 3 aliphatic rings. The van der Waals surface area contributed by atoms with Gasteiger partial charge in [-0.1, -0.05) is 163 Å². The average Bonchev–Trinajstić information content (AvgIpc) is 3.61. The highest BCUT2D eigenvalue weighted by Gasteiger charge is 2.51. The fourth-order valence-electron chi connectivity index (χ4n) is 9.65. The minimum absolute atomic E-state index is 0.153. The Morgan fingerprint density at radius 3 is 1.93 bits per heavy atom. The maximum atomic E-state index is 5.60. The highest BCUT2D eigenvalue weighted by atomic mass is 32.2. The molecule has 4 heterocycles. The summed E-state index contributed by atoms with van der Waals surface area (Å²) in [5.41, 5.74) is 13.8. The fraction of sp³-hybridized carbons (Fsp3) is 0.0392. The maximum Gasteiger partial charge on any atom is 0.208 e. The second kappa shape index (κ2) is 12.1. The number of nitrogens with zero attached hydrogens (tertiary/aromatic N) is 3. The van der Waals surface area contributed by atoms with Crippen LogP contribution in [0, 0.1) is 0 Å². The van der Waals surface area contributed by atoms with Crippen LogP contribution >= 0.6 is 11.8 Å². The molecule has 56 heavy (non-hydrogen) atoms. The van der Waals surface area contributed by atoms with Crippen molar-refractivity contribution in [3.8, 4) is 0 Å². The lowest BCUT2D eigenvalue weighted by atomic mass is 9.62. The van der Waals surface area contributed by atoms with Gasteiger partial charge in [-0.3, -0.25) is 4.57 Å². The van der Waals surface area contributed by atoms with Crippen molar-refractivity contribution in [1.29, 1.82) is 0 Å². The largest absolute Gasteiger partial charge is 0.325 e. The van der Waals surface area contributed by atoms with Crippen molar-refractivity contribution in [1.82, 2.24) is 4.57 Å². The molecule has 1 atom stereocenters. The van der Waals surface area contributed by atoms with Crippen molar-refractivity contribution in [2.75, 3.05) is 10.2 Å². The number of nitrogens with one attached hydrogen (secondary N) is 1. The molecule has 1 spiro atoms. The zero-order valence-corrected chi connectivity index (χ0v) is 31.1. The van der Waals surface area contributed by atoms with Gasteiger partial charge in [0.25, 0.3) is 0 Å². The summed E-state index contributed by atoms with van der Waals surface area (Å²) in [6, 6.07) is 70.6. The Labute approximate surface area is 329 Å². The molecule has 1 aromatic heterocycles. The molecule has 1 unspecified atom stereocenters. The standard InChI is InChI=1S/C51H34N4S/c1-3-17-33(18-4-1)47-37-22-7-12-26-42(37)52-50(53-47)55-43-27-13-8-21-35(43)36-31-32-41-49(48(36)55)56-46-30-16-11-25-40(46)51(41)38-23-9-14-28-44(38)54(34-19-5-2-6-20-34)45-29-15-10-24-39(45)51/h1-32,47H,(H,52,53). The van der Waals surface area contributed by atoms with E-state index in [1.165, 1.54) is 70.8 Å². The number of anilines is 4. The molecule has 0 amide bonds. The molecule has 0 radical (unpaired) electrons. The SMILES string of the molecule is c1ccc(C2N=C(n3c4ccccc4c4ccc5c(c43)Sc3ccccc3C53c4ccccc4N(c4ccccc4)c4ccccc43)Nc3ccccc32)cc1. The zero-order chi connectivity index (χ0) is 36.8. The lowest BCUT2D eigenvalue weighted by Gasteiger charge is -2.49. The fourth-order valence-corrected chi connectivity index (χ4v) is 11.0. The number of hydrogen-bond donors (Lipinski definition) is 1. The van der Waals surface area contributed by atoms with Gasteiger partial charge in [0.1, 0.15) is 6.04 Å². The van der Waals surface area contributed by atoms with E-state index in [1.54, 1.807) is 0 Å². The van der Waals surface area contributed by atoms with Gasteiger partial charge in [-0.25, -0.2) is 4.99 Å². The highest BCUT2D eigenvalue weighted by molar-refractivity contribution is 7.99. The van der Waals surface area contributed by atoms with Crippen LogP contribution in [0.25, 0.3) is 21.8 Å². The number of rotatable bonds is 2. The van der Waals surface area contributed by atoms with Gasteiger partial charge in [0, 0.05) is 37.5 Å². The Kier molecular flexibility index (Phi) is 6.81. The smallest absolute Gasteiger partial charge is 0.208 e. The van der Waals surface area contributed by atoms with Crippen molar-refractivity contribution in [3.63, 3.8) is 0 Å². The molecule has 1 N–H and O–H groups in total. The highest BCUT2D eigenvalue weighted by Crippen LogP contribution is 2.63. The second-order valence-electron chi connectivity index (χ2n) is 14.7. The number of benzene rings is 8. The van der Waals surface area contributed by atoms with E-state index in [1.807, 2.05) is 11.8 Å². The number of aromatic nitrogens is 1. The Hall–Kier alpha value is -6.82. The van der Waals surface area contributed by atoms with Crippen LogP contribution in [0.5, 0.6) is 0 Å². The van der Waals surface area contributed by atoms with Gasteiger partial charge in [-0.05, 0) is 70.3 Å². The summed E-state index contributed by atoms with van der Waals surface area (Å²) < 4.78 is 2.40. The van der Waals surface area contributed by atoms with Crippen LogP contribution < -0.4 is 10.2 Å². The van der Waals surface area contributed by atoms with Gasteiger partial charge in [-0.15, -0.1) is 0 Å². The summed E-state index contributed by atoms with van der Waals surface area (Å²) in [5, 5.41) is 6.25. The van der Waals surface area contributed by atoms with Crippen molar-refractivity contribution < 1.29 is 0 Å². The number of hydrogen-bond acceptors (Lipinski definition) is 4. The van der Waals surface area contributed by atoms with E-state index in [-0.39, 0.29) is 6.04 Å². The summed E-state index contributed by atoms with van der Waals surface area (Å²) in [5.74, 6) is 0.824. The minimum atomic E-state index is -0.591. The first-order chi connectivity index (χ1) is 27.8. The summed E-state index contributed by atoms with van der Waals surface area (Å²) >= 11 is 1.89. The first-order valence-corrected chi connectivity index (χ1v) is 20.0. The zero-order valence-electron chi connectivity index (χ0n) is 30.3. The molecule has 4 nitrogen and oxygen atoms in total. The first-order valence-electron chi connectivity index (χ1n) is 19.2. The molecule has 264 valence electrons. The molecule has 9 aromatic rings. The summed E-state index contributed by atoms with van der Waals surface area (Å²) in [6.45, 7) is 0. The Balaban J connectivity index is 1.20. The normalized spacial score (nSPS) is 16.0. The van der Waals surface area contributed by atoms with E-state index in [0.717, 1.165) is 22.9 Å². The molecule has 0 aliphatic carbocycles. The van der Waals surface area contributed by atoms with Crippen molar-refractivity contribution in [2.24, 2.45) is 4.99 Å². The molecule has 8 aromatic carbocycles. The predicted molar refractivity (Wildman–Crippen MR) is 231 cm³/mol. The van der Waals surface area contributed by atoms with E-state index in [4.69, 9.17) is 4.99 Å². The molecule has 0 saturated carbocycles. The quantitative estimate of drug-likeness (QED) is 0.192. The molecule has 5 heteroatoms. The summed E-state index contributed by atoms with van der Waals surface area (Å²) in [4.78, 5) is 10.5. The van der Waals surface area contributed by atoms with Gasteiger partial charge >= 0.3 is 0 Å². The van der Waals surface area contributed by atoms with Crippen LogP contribution in [0.2, 0.25) is 0 Å². The molecule has 0 fully saturated rings. The Bertz CT molecular complexity index is 3010.